The molecule has 0 bridgehead atoms. The van der Waals surface area contributed by atoms with Gasteiger partial charge >= 0.3 is 0 Å². The van der Waals surface area contributed by atoms with Crippen LogP contribution in [0.3, 0.4) is 0 Å². The maximum atomic E-state index is 5.98. The summed E-state index contributed by atoms with van der Waals surface area (Å²) in [5.74, 6) is 0. The van der Waals surface area contributed by atoms with E-state index < -0.39 is 0 Å². The Balaban J connectivity index is 2.54. The molecule has 1 aromatic heterocycles. The minimum atomic E-state index is 0.120. The third kappa shape index (κ3) is 2.12. The Morgan fingerprint density at radius 1 is 1.33 bits per heavy atom. The number of fused-ring (bicyclic) bond motifs is 1. The lowest BCUT2D eigenvalue weighted by molar-refractivity contribution is 0.605. The van der Waals surface area contributed by atoms with E-state index in [4.69, 9.17) is 28.9 Å². The molecule has 4 heteroatoms. The van der Waals surface area contributed by atoms with Gasteiger partial charge in [0.25, 0.3) is 0 Å². The lowest BCUT2D eigenvalue weighted by Crippen LogP contribution is -2.21. The normalized spacial score (nSPS) is 13.3. The van der Waals surface area contributed by atoms with Crippen molar-refractivity contribution in [1.29, 1.82) is 0 Å². The molecule has 80 valence electrons. The summed E-state index contributed by atoms with van der Waals surface area (Å²) < 4.78 is 2.09. The molecule has 1 atom stereocenters. The van der Waals surface area contributed by atoms with Gasteiger partial charge in [0.15, 0.2) is 0 Å². The van der Waals surface area contributed by atoms with Crippen LogP contribution in [0.25, 0.3) is 10.9 Å². The Morgan fingerprint density at radius 2 is 2.00 bits per heavy atom. The van der Waals surface area contributed by atoms with Gasteiger partial charge in [0.05, 0.1) is 10.0 Å². The third-order valence-corrected chi connectivity index (χ3v) is 3.02. The summed E-state index contributed by atoms with van der Waals surface area (Å²) in [5, 5.41) is 2.25. The zero-order valence-electron chi connectivity index (χ0n) is 8.37. The van der Waals surface area contributed by atoms with Crippen LogP contribution in [-0.2, 0) is 6.54 Å². The summed E-state index contributed by atoms with van der Waals surface area (Å²) in [7, 11) is 0. The number of nitrogens with two attached hydrogens (primary N) is 1. The van der Waals surface area contributed by atoms with Crippen LogP contribution in [0.2, 0.25) is 10.0 Å². The fourth-order valence-electron chi connectivity index (χ4n) is 1.65. The molecule has 0 radical (unpaired) electrons. The Labute approximate surface area is 98.6 Å². The molecular formula is C11H12Cl2N2. The zero-order chi connectivity index (χ0) is 11.0. The second-order valence-electron chi connectivity index (χ2n) is 3.77. The number of nitrogens with zero attached hydrogens (tertiary/aromatic N) is 1. The van der Waals surface area contributed by atoms with E-state index in [-0.39, 0.29) is 6.04 Å². The number of halogens is 2. The molecule has 0 aliphatic rings. The zero-order valence-corrected chi connectivity index (χ0v) is 9.89. The molecule has 2 rings (SSSR count). The van der Waals surface area contributed by atoms with Crippen molar-refractivity contribution in [2.45, 2.75) is 19.5 Å². The molecule has 0 aliphatic carbocycles. The minimum absolute atomic E-state index is 0.120. The first-order chi connectivity index (χ1) is 7.08. The first-order valence-electron chi connectivity index (χ1n) is 4.77. The van der Waals surface area contributed by atoms with E-state index in [0.717, 1.165) is 17.4 Å². The average molecular weight is 243 g/mol. The van der Waals surface area contributed by atoms with Crippen molar-refractivity contribution < 1.29 is 0 Å². The number of hydrogen-bond donors (Lipinski definition) is 1. The fraction of sp³-hybridized carbons (Fsp3) is 0.273. The van der Waals surface area contributed by atoms with Crippen LogP contribution < -0.4 is 5.73 Å². The van der Waals surface area contributed by atoms with E-state index in [2.05, 4.69) is 4.57 Å². The summed E-state index contributed by atoms with van der Waals surface area (Å²) in [4.78, 5) is 0. The molecule has 0 fully saturated rings. The Bertz CT molecular complexity index is 489. The first-order valence-corrected chi connectivity index (χ1v) is 5.53. The highest BCUT2D eigenvalue weighted by Gasteiger charge is 2.06. The van der Waals surface area contributed by atoms with Crippen molar-refractivity contribution in [2.75, 3.05) is 0 Å². The van der Waals surface area contributed by atoms with Gasteiger partial charge in [0.1, 0.15) is 0 Å². The smallest absolute Gasteiger partial charge is 0.0613 e. The molecule has 0 saturated heterocycles. The monoisotopic (exact) mass is 242 g/mol. The molecule has 2 N–H and O–H groups in total. The molecule has 1 heterocycles. The van der Waals surface area contributed by atoms with Crippen LogP contribution in [-0.4, -0.2) is 10.6 Å². The fourth-order valence-corrected chi connectivity index (χ4v) is 1.98. The lowest BCUT2D eigenvalue weighted by Gasteiger charge is -2.08. The Morgan fingerprint density at radius 3 is 2.67 bits per heavy atom. The van der Waals surface area contributed by atoms with Crippen molar-refractivity contribution in [2.24, 2.45) is 5.73 Å². The molecule has 2 aromatic rings. The second-order valence-corrected chi connectivity index (χ2v) is 4.58. The van der Waals surface area contributed by atoms with Crippen molar-refractivity contribution in [3.8, 4) is 0 Å². The van der Waals surface area contributed by atoms with E-state index in [1.807, 2.05) is 31.3 Å². The molecule has 15 heavy (non-hydrogen) atoms. The molecule has 0 spiro atoms. The van der Waals surface area contributed by atoms with Crippen molar-refractivity contribution in [3.05, 3.63) is 34.4 Å². The second kappa shape index (κ2) is 4.05. The number of rotatable bonds is 2. The van der Waals surface area contributed by atoms with Gasteiger partial charge in [-0.2, -0.15) is 0 Å². The summed E-state index contributed by atoms with van der Waals surface area (Å²) in [6, 6.07) is 5.88. The van der Waals surface area contributed by atoms with E-state index in [0.29, 0.717) is 10.0 Å². The van der Waals surface area contributed by atoms with Gasteiger partial charge in [-0.25, -0.2) is 0 Å². The molecule has 0 amide bonds. The summed E-state index contributed by atoms with van der Waals surface area (Å²) in [5.41, 5.74) is 6.83. The van der Waals surface area contributed by atoms with Gasteiger partial charge in [-0.15, -0.1) is 0 Å². The Kier molecular flexibility index (Phi) is 2.91. The van der Waals surface area contributed by atoms with Crippen molar-refractivity contribution in [1.82, 2.24) is 4.57 Å². The van der Waals surface area contributed by atoms with Gasteiger partial charge < -0.3 is 10.3 Å². The number of benzene rings is 1. The first kappa shape index (κ1) is 10.8. The lowest BCUT2D eigenvalue weighted by atomic mass is 10.2. The quantitative estimate of drug-likeness (QED) is 0.861. The van der Waals surface area contributed by atoms with Gasteiger partial charge in [0.2, 0.25) is 0 Å². The van der Waals surface area contributed by atoms with Crippen molar-refractivity contribution in [3.63, 3.8) is 0 Å². The number of aromatic nitrogens is 1. The molecule has 1 aromatic carbocycles. The minimum Gasteiger partial charge on any atom is -0.346 e. The molecule has 0 aliphatic heterocycles. The van der Waals surface area contributed by atoms with Crippen LogP contribution in [0.5, 0.6) is 0 Å². The maximum absolute atomic E-state index is 5.98. The predicted octanol–water partition coefficient (Wildman–Crippen LogP) is 3.30. The predicted molar refractivity (Wildman–Crippen MR) is 65.6 cm³/mol. The van der Waals surface area contributed by atoms with Crippen LogP contribution in [0.15, 0.2) is 24.4 Å². The summed E-state index contributed by atoms with van der Waals surface area (Å²) >= 11 is 11.9. The van der Waals surface area contributed by atoms with E-state index in [9.17, 15) is 0 Å². The third-order valence-electron chi connectivity index (χ3n) is 2.30. The van der Waals surface area contributed by atoms with Gasteiger partial charge in [-0.05, 0) is 25.1 Å². The van der Waals surface area contributed by atoms with Gasteiger partial charge in [-0.1, -0.05) is 23.2 Å². The molecular weight excluding hydrogens is 231 g/mol. The van der Waals surface area contributed by atoms with E-state index in [1.54, 1.807) is 0 Å². The molecule has 2 nitrogen and oxygen atoms in total. The molecule has 1 unspecified atom stereocenters. The van der Waals surface area contributed by atoms with Crippen LogP contribution in [0.1, 0.15) is 6.92 Å². The van der Waals surface area contributed by atoms with Crippen LogP contribution >= 0.6 is 23.2 Å². The maximum Gasteiger partial charge on any atom is 0.0613 e. The largest absolute Gasteiger partial charge is 0.346 e. The topological polar surface area (TPSA) is 30.9 Å². The summed E-state index contributed by atoms with van der Waals surface area (Å²) in [6.45, 7) is 2.75. The van der Waals surface area contributed by atoms with Gasteiger partial charge in [0, 0.05) is 29.7 Å². The average Bonchev–Trinajstić information content (AvgIpc) is 2.49. The number of hydrogen-bond acceptors (Lipinski definition) is 1. The highest BCUT2D eigenvalue weighted by atomic mass is 35.5. The highest BCUT2D eigenvalue weighted by molar-refractivity contribution is 6.42. The molecule has 0 saturated carbocycles. The SMILES string of the molecule is CC(N)Cn1ccc2cc(Cl)c(Cl)cc21. The Hall–Kier alpha value is -0.700. The standard InChI is InChI=1S/C11H12Cl2N2/c1-7(14)6-15-3-2-8-4-9(12)10(13)5-11(8)15/h2-5,7H,6,14H2,1H3. The van der Waals surface area contributed by atoms with Crippen LogP contribution in [0, 0.1) is 0 Å². The highest BCUT2D eigenvalue weighted by Crippen LogP contribution is 2.28. The van der Waals surface area contributed by atoms with E-state index in [1.165, 1.54) is 0 Å². The van der Waals surface area contributed by atoms with Gasteiger partial charge in [-0.3, -0.25) is 0 Å². The summed E-state index contributed by atoms with van der Waals surface area (Å²) in [6.07, 6.45) is 2.00. The van der Waals surface area contributed by atoms with E-state index >= 15 is 0 Å². The van der Waals surface area contributed by atoms with Crippen molar-refractivity contribution >= 4 is 34.1 Å². The van der Waals surface area contributed by atoms with Crippen LogP contribution in [0.4, 0.5) is 0 Å².